The molecule has 2 heterocycles. The number of morpholine rings is 1. The van der Waals surface area contributed by atoms with Crippen LogP contribution in [0, 0.1) is 11.3 Å². The van der Waals surface area contributed by atoms with Gasteiger partial charge in [0, 0.05) is 34.4 Å². The highest BCUT2D eigenvalue weighted by atomic mass is 35.5. The number of carbonyl (C=O) groups excluding carboxylic acids is 1. The Morgan fingerprint density at radius 2 is 1.94 bits per heavy atom. The van der Waals surface area contributed by atoms with E-state index in [0.717, 1.165) is 26.3 Å². The molecule has 10 heteroatoms. The van der Waals surface area contributed by atoms with Gasteiger partial charge in [0.05, 0.1) is 48.6 Å². The number of dihydropyridines is 1. The van der Waals surface area contributed by atoms with Crippen molar-refractivity contribution in [3.05, 3.63) is 79.9 Å². The number of likely N-dealkylation sites (N-methyl/N-ethyl adjacent to an activating group) is 1. The molecule has 0 aliphatic carbocycles. The number of nitriles is 1. The Morgan fingerprint density at radius 1 is 1.25 bits per heavy atom. The van der Waals surface area contributed by atoms with E-state index < -0.39 is 5.92 Å². The molecule has 1 amide bonds. The molecule has 36 heavy (non-hydrogen) atoms. The van der Waals surface area contributed by atoms with Gasteiger partial charge in [0.1, 0.15) is 5.75 Å². The predicted molar refractivity (Wildman–Crippen MR) is 147 cm³/mol. The van der Waals surface area contributed by atoms with Crippen LogP contribution in [0.3, 0.4) is 0 Å². The van der Waals surface area contributed by atoms with Crippen molar-refractivity contribution in [3.8, 4) is 11.8 Å². The number of nitrogens with zero attached hydrogens (tertiary/aromatic N) is 2. The van der Waals surface area contributed by atoms with E-state index >= 15 is 0 Å². The summed E-state index contributed by atoms with van der Waals surface area (Å²) in [6.07, 6.45) is 0. The fourth-order valence-corrected chi connectivity index (χ4v) is 4.73. The Balaban J connectivity index is 0.000000444. The molecule has 7 nitrogen and oxygen atoms in total. The maximum absolute atomic E-state index is 13.3. The van der Waals surface area contributed by atoms with Gasteiger partial charge in [-0.3, -0.25) is 4.79 Å². The highest BCUT2D eigenvalue weighted by molar-refractivity contribution is 7.84. The molecule has 1 fully saturated rings. The second kappa shape index (κ2) is 13.0. The summed E-state index contributed by atoms with van der Waals surface area (Å²) in [5, 5.41) is 16.8. The van der Waals surface area contributed by atoms with Gasteiger partial charge in [-0.2, -0.15) is 5.26 Å². The average molecular weight is 548 g/mol. The molecule has 0 aromatic heterocycles. The Kier molecular flexibility index (Phi) is 10.1. The summed E-state index contributed by atoms with van der Waals surface area (Å²) < 4.78 is 10.4. The van der Waals surface area contributed by atoms with Crippen molar-refractivity contribution in [2.75, 3.05) is 45.8 Å². The van der Waals surface area contributed by atoms with Crippen molar-refractivity contribution in [1.29, 1.82) is 5.26 Å². The number of ether oxygens (including phenoxy) is 2. The van der Waals surface area contributed by atoms with Crippen molar-refractivity contribution in [2.24, 2.45) is 0 Å². The molecule has 2 aromatic carbocycles. The van der Waals surface area contributed by atoms with Crippen LogP contribution in [-0.4, -0.2) is 51.3 Å². The third-order valence-corrected chi connectivity index (χ3v) is 6.69. The number of para-hydroxylation sites is 2. The van der Waals surface area contributed by atoms with Gasteiger partial charge in [-0.25, -0.2) is 0 Å². The lowest BCUT2D eigenvalue weighted by atomic mass is 9.82. The fourth-order valence-electron chi connectivity index (χ4n) is 3.87. The quantitative estimate of drug-likeness (QED) is 0.456. The molecule has 1 saturated heterocycles. The van der Waals surface area contributed by atoms with Crippen LogP contribution >= 0.6 is 35.8 Å². The third-order valence-electron chi connectivity index (χ3n) is 5.77. The molecule has 0 bridgehead atoms. The zero-order chi connectivity index (χ0) is 26.2. The average Bonchev–Trinajstić information content (AvgIpc) is 2.85. The van der Waals surface area contributed by atoms with Crippen LogP contribution in [0.15, 0.2) is 64.3 Å². The summed E-state index contributed by atoms with van der Waals surface area (Å²) in [6.45, 7) is 5.77. The fraction of sp³-hybridized carbons (Fsp3) is 0.308. The Bertz CT molecular complexity index is 1220. The SMILES string of the molecule is CN1CCOCC1.COc1ccccc1NC(=O)C1=C(C)NC(S)=C(C#N)C1c1ccc(Cl)cc1Cl. The summed E-state index contributed by atoms with van der Waals surface area (Å²) >= 11 is 16.8. The van der Waals surface area contributed by atoms with Crippen LogP contribution in [0.25, 0.3) is 0 Å². The normalized spacial score (nSPS) is 18.0. The van der Waals surface area contributed by atoms with Crippen molar-refractivity contribution < 1.29 is 14.3 Å². The highest BCUT2D eigenvalue weighted by Crippen LogP contribution is 2.42. The van der Waals surface area contributed by atoms with Crippen LogP contribution in [0.5, 0.6) is 5.75 Å². The minimum absolute atomic E-state index is 0.285. The summed E-state index contributed by atoms with van der Waals surface area (Å²) in [4.78, 5) is 15.6. The molecule has 4 rings (SSSR count). The lowest BCUT2D eigenvalue weighted by Crippen LogP contribution is -2.32. The van der Waals surface area contributed by atoms with Crippen LogP contribution < -0.4 is 15.4 Å². The van der Waals surface area contributed by atoms with Crippen LogP contribution in [0.2, 0.25) is 10.0 Å². The monoisotopic (exact) mass is 546 g/mol. The van der Waals surface area contributed by atoms with E-state index in [0.29, 0.717) is 43.3 Å². The Hall–Kier alpha value is -2.67. The van der Waals surface area contributed by atoms with E-state index in [-0.39, 0.29) is 11.5 Å². The molecule has 2 aromatic rings. The first-order valence-electron chi connectivity index (χ1n) is 11.2. The van der Waals surface area contributed by atoms with E-state index in [1.165, 1.54) is 7.11 Å². The molecule has 1 unspecified atom stereocenters. The molecule has 0 spiro atoms. The van der Waals surface area contributed by atoms with Crippen molar-refractivity contribution >= 4 is 47.4 Å². The standard InChI is InChI=1S/C21H17Cl2N3O2S.C5H11NO/c1-11-18(20(27)26-16-5-3-4-6-17(16)28-2)19(14(10-24)21(29)25-11)13-8-7-12(22)9-15(13)23;1-6-2-4-7-5-3-6/h3-9,19,25,29H,1-2H3,(H,26,27);2-5H2,1H3. The minimum Gasteiger partial charge on any atom is -0.495 e. The zero-order valence-electron chi connectivity index (χ0n) is 20.3. The summed E-state index contributed by atoms with van der Waals surface area (Å²) in [7, 11) is 3.64. The van der Waals surface area contributed by atoms with E-state index in [4.69, 9.17) is 32.7 Å². The highest BCUT2D eigenvalue weighted by Gasteiger charge is 2.35. The van der Waals surface area contributed by atoms with E-state index in [1.54, 1.807) is 49.4 Å². The van der Waals surface area contributed by atoms with Gasteiger partial charge >= 0.3 is 0 Å². The van der Waals surface area contributed by atoms with Gasteiger partial charge in [0.15, 0.2) is 0 Å². The van der Waals surface area contributed by atoms with Crippen molar-refractivity contribution in [1.82, 2.24) is 10.2 Å². The Morgan fingerprint density at radius 3 is 2.53 bits per heavy atom. The van der Waals surface area contributed by atoms with Gasteiger partial charge < -0.3 is 25.0 Å². The first-order valence-corrected chi connectivity index (χ1v) is 12.4. The largest absolute Gasteiger partial charge is 0.495 e. The Labute approximate surface area is 227 Å². The number of hydrogen-bond acceptors (Lipinski definition) is 7. The number of hydrogen-bond donors (Lipinski definition) is 3. The summed E-state index contributed by atoms with van der Waals surface area (Å²) in [6, 6.07) is 14.2. The molecule has 2 aliphatic heterocycles. The van der Waals surface area contributed by atoms with E-state index in [1.807, 2.05) is 0 Å². The number of nitrogens with one attached hydrogen (secondary N) is 2. The van der Waals surface area contributed by atoms with Crippen molar-refractivity contribution in [2.45, 2.75) is 12.8 Å². The van der Waals surface area contributed by atoms with Crippen LogP contribution in [0.1, 0.15) is 18.4 Å². The molecule has 1 atom stereocenters. The molecular weight excluding hydrogens is 519 g/mol. The lowest BCUT2D eigenvalue weighted by Gasteiger charge is -2.29. The smallest absolute Gasteiger partial charge is 0.254 e. The van der Waals surface area contributed by atoms with Gasteiger partial charge in [0.25, 0.3) is 5.91 Å². The number of anilines is 1. The topological polar surface area (TPSA) is 86.6 Å². The number of allylic oxidation sites excluding steroid dienone is 2. The second-order valence-electron chi connectivity index (χ2n) is 8.21. The first kappa shape index (κ1) is 27.9. The van der Waals surface area contributed by atoms with Gasteiger partial charge in [-0.15, -0.1) is 12.6 Å². The maximum atomic E-state index is 13.3. The number of amides is 1. The number of rotatable bonds is 4. The number of halogens is 2. The van der Waals surface area contributed by atoms with Crippen LogP contribution in [0.4, 0.5) is 5.69 Å². The molecule has 0 saturated carbocycles. The predicted octanol–water partition coefficient (Wildman–Crippen LogP) is 5.21. The molecule has 2 N–H and O–H groups in total. The van der Waals surface area contributed by atoms with E-state index in [9.17, 15) is 10.1 Å². The number of benzene rings is 2. The lowest BCUT2D eigenvalue weighted by molar-refractivity contribution is -0.113. The molecule has 190 valence electrons. The number of methoxy groups -OCH3 is 1. The summed E-state index contributed by atoms with van der Waals surface area (Å²) in [5.74, 6) is -0.563. The van der Waals surface area contributed by atoms with Gasteiger partial charge in [-0.1, -0.05) is 41.4 Å². The maximum Gasteiger partial charge on any atom is 0.254 e. The zero-order valence-corrected chi connectivity index (χ0v) is 22.7. The first-order chi connectivity index (χ1) is 17.3. The molecule has 2 aliphatic rings. The molecular formula is C26H28Cl2N4O3S. The van der Waals surface area contributed by atoms with E-state index in [2.05, 4.69) is 41.3 Å². The minimum atomic E-state index is -0.701. The summed E-state index contributed by atoms with van der Waals surface area (Å²) in [5.41, 5.74) is 2.31. The van der Waals surface area contributed by atoms with Crippen molar-refractivity contribution in [3.63, 3.8) is 0 Å². The number of thiol groups is 1. The third kappa shape index (κ3) is 6.75. The van der Waals surface area contributed by atoms with Gasteiger partial charge in [0.2, 0.25) is 0 Å². The second-order valence-corrected chi connectivity index (χ2v) is 9.50. The number of carbonyl (C=O) groups is 1. The molecule has 0 radical (unpaired) electrons. The van der Waals surface area contributed by atoms with Crippen LogP contribution in [-0.2, 0) is 9.53 Å². The van der Waals surface area contributed by atoms with Gasteiger partial charge in [-0.05, 0) is 43.8 Å².